The number of carbonyl (C=O) groups is 1. The zero-order chi connectivity index (χ0) is 20.6. The smallest absolute Gasteiger partial charge is 0.273 e. The van der Waals surface area contributed by atoms with Crippen LogP contribution in [0.4, 0.5) is 5.69 Å². The molecule has 0 aliphatic heterocycles. The van der Waals surface area contributed by atoms with Gasteiger partial charge in [-0.25, -0.2) is 5.43 Å². The number of halogens is 1. The highest BCUT2D eigenvalue weighted by molar-refractivity contribution is 14.1. The molecule has 148 valence electrons. The van der Waals surface area contributed by atoms with Gasteiger partial charge in [0.2, 0.25) is 0 Å². The van der Waals surface area contributed by atoms with Gasteiger partial charge in [0.05, 0.1) is 22.5 Å². The van der Waals surface area contributed by atoms with Crippen LogP contribution in [0.1, 0.15) is 21.5 Å². The Morgan fingerprint density at radius 2 is 1.86 bits per heavy atom. The second-order valence-corrected chi connectivity index (χ2v) is 7.26. The largest absolute Gasteiger partial charge is 0.493 e. The Bertz CT molecular complexity index is 1020. The number of hydrogen-bond acceptors (Lipinski definition) is 5. The molecule has 3 aromatic rings. The van der Waals surface area contributed by atoms with Gasteiger partial charge in [0, 0.05) is 5.69 Å². The number of hydrazone groups is 1. The molecule has 29 heavy (non-hydrogen) atoms. The lowest BCUT2D eigenvalue weighted by Crippen LogP contribution is -2.19. The topological polar surface area (TPSA) is 85.9 Å². The van der Waals surface area contributed by atoms with Crippen molar-refractivity contribution in [2.24, 2.45) is 5.10 Å². The molecule has 0 bridgehead atoms. The van der Waals surface area contributed by atoms with Crippen LogP contribution in [0.5, 0.6) is 11.5 Å². The first-order valence-corrected chi connectivity index (χ1v) is 9.88. The van der Waals surface area contributed by atoms with E-state index in [4.69, 9.17) is 15.2 Å². The Labute approximate surface area is 182 Å². The van der Waals surface area contributed by atoms with E-state index in [-0.39, 0.29) is 5.91 Å². The van der Waals surface area contributed by atoms with E-state index in [9.17, 15) is 4.79 Å². The van der Waals surface area contributed by atoms with Crippen molar-refractivity contribution in [1.29, 1.82) is 0 Å². The summed E-state index contributed by atoms with van der Waals surface area (Å²) in [5.74, 6) is 0.881. The number of methoxy groups -OCH3 is 1. The van der Waals surface area contributed by atoms with Crippen molar-refractivity contribution in [2.75, 3.05) is 12.8 Å². The lowest BCUT2D eigenvalue weighted by Gasteiger charge is -2.13. The minimum absolute atomic E-state index is 0.371. The van der Waals surface area contributed by atoms with Crippen LogP contribution in [-0.2, 0) is 6.61 Å². The van der Waals surface area contributed by atoms with E-state index in [1.807, 2.05) is 36.4 Å². The minimum atomic E-state index is -0.371. The molecule has 0 saturated carbocycles. The number of nitrogens with zero attached hydrogens (tertiary/aromatic N) is 1. The summed E-state index contributed by atoms with van der Waals surface area (Å²) in [6.45, 7) is 0.440. The van der Waals surface area contributed by atoms with E-state index in [0.29, 0.717) is 29.4 Å². The number of benzene rings is 3. The van der Waals surface area contributed by atoms with Gasteiger partial charge in [0.1, 0.15) is 6.61 Å². The van der Waals surface area contributed by atoms with Crippen LogP contribution in [0.25, 0.3) is 0 Å². The Morgan fingerprint density at radius 1 is 1.14 bits per heavy atom. The molecular weight excluding hydrogens is 481 g/mol. The molecule has 0 saturated heterocycles. The summed E-state index contributed by atoms with van der Waals surface area (Å²) < 4.78 is 12.3. The lowest BCUT2D eigenvalue weighted by atomic mass is 10.2. The number of nitrogen functional groups attached to an aromatic ring is 1. The molecule has 3 rings (SSSR count). The summed E-state index contributed by atoms with van der Waals surface area (Å²) in [5.41, 5.74) is 10.9. The number of hydrogen-bond donors (Lipinski definition) is 2. The van der Waals surface area contributed by atoms with Crippen molar-refractivity contribution in [1.82, 2.24) is 5.43 Å². The Morgan fingerprint density at radius 3 is 2.59 bits per heavy atom. The predicted octanol–water partition coefficient (Wildman–Crippen LogP) is 4.22. The summed E-state index contributed by atoms with van der Waals surface area (Å²) in [6, 6.07) is 20.4. The van der Waals surface area contributed by atoms with Gasteiger partial charge in [-0.05, 0) is 58.0 Å². The van der Waals surface area contributed by atoms with Crippen LogP contribution >= 0.6 is 22.6 Å². The SMILES string of the molecule is COc1cc(/C=N\NC(=O)c2ccccc2N)cc(I)c1OCc1ccccc1. The number of carbonyl (C=O) groups excluding carboxylic acids is 1. The Hall–Kier alpha value is -3.07. The van der Waals surface area contributed by atoms with Gasteiger partial charge in [0.25, 0.3) is 5.91 Å². The molecule has 0 aliphatic carbocycles. The van der Waals surface area contributed by atoms with Crippen molar-refractivity contribution < 1.29 is 14.3 Å². The van der Waals surface area contributed by atoms with E-state index in [2.05, 4.69) is 33.1 Å². The molecule has 0 spiro atoms. The second-order valence-electron chi connectivity index (χ2n) is 6.09. The fourth-order valence-electron chi connectivity index (χ4n) is 2.61. The van der Waals surface area contributed by atoms with Gasteiger partial charge in [-0.2, -0.15) is 5.10 Å². The fourth-order valence-corrected chi connectivity index (χ4v) is 3.39. The van der Waals surface area contributed by atoms with Gasteiger partial charge in [-0.15, -0.1) is 0 Å². The first kappa shape index (κ1) is 20.7. The van der Waals surface area contributed by atoms with Gasteiger partial charge >= 0.3 is 0 Å². The van der Waals surface area contributed by atoms with Crippen molar-refractivity contribution in [3.05, 3.63) is 87.0 Å². The average Bonchev–Trinajstić information content (AvgIpc) is 2.73. The molecule has 3 N–H and O–H groups in total. The second kappa shape index (κ2) is 9.92. The first-order chi connectivity index (χ1) is 14.1. The molecular formula is C22H20IN3O3. The molecule has 0 radical (unpaired) electrons. The molecule has 0 heterocycles. The molecule has 3 aromatic carbocycles. The summed E-state index contributed by atoms with van der Waals surface area (Å²) >= 11 is 2.19. The number of nitrogens with one attached hydrogen (secondary N) is 1. The van der Waals surface area contributed by atoms with E-state index < -0.39 is 0 Å². The van der Waals surface area contributed by atoms with Crippen LogP contribution in [0.2, 0.25) is 0 Å². The minimum Gasteiger partial charge on any atom is -0.493 e. The molecule has 1 amide bonds. The van der Waals surface area contributed by atoms with E-state index >= 15 is 0 Å². The number of rotatable bonds is 7. The number of amides is 1. The van der Waals surface area contributed by atoms with Crippen LogP contribution < -0.4 is 20.6 Å². The number of nitrogens with two attached hydrogens (primary N) is 1. The standard InChI is InChI=1S/C22H20IN3O3/c1-28-20-12-16(13-25-26-22(27)17-9-5-6-10-19(17)24)11-18(23)21(20)29-14-15-7-3-2-4-8-15/h2-13H,14,24H2,1H3,(H,26,27)/b25-13-. The third-order valence-corrected chi connectivity index (χ3v) is 4.86. The molecule has 0 atom stereocenters. The quantitative estimate of drug-likeness (QED) is 0.220. The van der Waals surface area contributed by atoms with Crippen molar-refractivity contribution in [3.8, 4) is 11.5 Å². The average molecular weight is 501 g/mol. The van der Waals surface area contributed by atoms with Crippen molar-refractivity contribution in [2.45, 2.75) is 6.61 Å². The summed E-state index contributed by atoms with van der Waals surface area (Å²) in [4.78, 5) is 12.2. The Kier molecular flexibility index (Phi) is 7.07. The maximum atomic E-state index is 12.2. The number of ether oxygens (including phenoxy) is 2. The zero-order valence-corrected chi connectivity index (χ0v) is 17.9. The van der Waals surface area contributed by atoms with Gasteiger partial charge < -0.3 is 15.2 Å². The highest BCUT2D eigenvalue weighted by Crippen LogP contribution is 2.34. The summed E-state index contributed by atoms with van der Waals surface area (Å²) in [6.07, 6.45) is 1.54. The normalized spacial score (nSPS) is 10.7. The van der Waals surface area contributed by atoms with Crippen LogP contribution in [0, 0.1) is 3.57 Å². The van der Waals surface area contributed by atoms with E-state index in [1.165, 1.54) is 0 Å². The summed E-state index contributed by atoms with van der Waals surface area (Å²) in [7, 11) is 1.58. The molecule has 6 nitrogen and oxygen atoms in total. The molecule has 0 unspecified atom stereocenters. The monoisotopic (exact) mass is 501 g/mol. The van der Waals surface area contributed by atoms with Crippen molar-refractivity contribution >= 4 is 40.4 Å². The third kappa shape index (κ3) is 5.47. The Balaban J connectivity index is 1.70. The van der Waals surface area contributed by atoms with Gasteiger partial charge in [-0.1, -0.05) is 42.5 Å². The molecule has 0 aliphatic rings. The van der Waals surface area contributed by atoms with Crippen LogP contribution in [-0.4, -0.2) is 19.2 Å². The third-order valence-electron chi connectivity index (χ3n) is 4.06. The van der Waals surface area contributed by atoms with E-state index in [1.54, 1.807) is 43.7 Å². The van der Waals surface area contributed by atoms with E-state index in [0.717, 1.165) is 14.7 Å². The van der Waals surface area contributed by atoms with Crippen LogP contribution in [0.15, 0.2) is 71.8 Å². The predicted molar refractivity (Wildman–Crippen MR) is 122 cm³/mol. The number of para-hydroxylation sites is 1. The van der Waals surface area contributed by atoms with Crippen molar-refractivity contribution in [3.63, 3.8) is 0 Å². The highest BCUT2D eigenvalue weighted by atomic mass is 127. The first-order valence-electron chi connectivity index (χ1n) is 8.80. The maximum Gasteiger partial charge on any atom is 0.273 e. The molecule has 0 aromatic heterocycles. The fraction of sp³-hybridized carbons (Fsp3) is 0.0909. The number of anilines is 1. The zero-order valence-electron chi connectivity index (χ0n) is 15.8. The van der Waals surface area contributed by atoms with Crippen LogP contribution in [0.3, 0.4) is 0 Å². The lowest BCUT2D eigenvalue weighted by molar-refractivity contribution is 0.0956. The molecule has 7 heteroatoms. The van der Waals surface area contributed by atoms with Gasteiger partial charge in [0.15, 0.2) is 11.5 Å². The summed E-state index contributed by atoms with van der Waals surface area (Å²) in [5, 5.41) is 4.02. The molecule has 0 fully saturated rings. The highest BCUT2D eigenvalue weighted by Gasteiger charge is 2.12. The maximum absolute atomic E-state index is 12.2. The van der Waals surface area contributed by atoms with Gasteiger partial charge in [-0.3, -0.25) is 4.79 Å².